The van der Waals surface area contributed by atoms with Gasteiger partial charge in [-0.3, -0.25) is 14.5 Å². The SMILES string of the molecule is CN1CCN(c2cc(F)c(-c3cnc(N4CCOCC4)nc3)cc2NC(=O)c2c[nH]c(=O)cc2C(F)(F)F)CC1(C)C. The number of carbonyl (C=O) groups is 1. The second-order valence-corrected chi connectivity index (χ2v) is 11.0. The van der Waals surface area contributed by atoms with E-state index in [2.05, 4.69) is 25.2 Å². The highest BCUT2D eigenvalue weighted by atomic mass is 19.4. The highest BCUT2D eigenvalue weighted by molar-refractivity contribution is 6.07. The Morgan fingerprint density at radius 1 is 1.05 bits per heavy atom. The lowest BCUT2D eigenvalue weighted by Gasteiger charge is -2.46. The Bertz CT molecular complexity index is 1520. The number of carbonyl (C=O) groups excluding carboxylic acids is 1. The summed E-state index contributed by atoms with van der Waals surface area (Å²) < 4.78 is 62.2. The minimum atomic E-state index is -4.95. The molecule has 0 atom stereocenters. The molecular weight excluding hydrogens is 558 g/mol. The van der Waals surface area contributed by atoms with Crippen LogP contribution in [0, 0.1) is 5.82 Å². The molecule has 1 aromatic carbocycles. The van der Waals surface area contributed by atoms with Gasteiger partial charge >= 0.3 is 6.18 Å². The monoisotopic (exact) mass is 589 g/mol. The van der Waals surface area contributed by atoms with Crippen LogP contribution in [0.25, 0.3) is 11.1 Å². The molecule has 224 valence electrons. The van der Waals surface area contributed by atoms with Crippen LogP contribution in [0.5, 0.6) is 0 Å². The van der Waals surface area contributed by atoms with E-state index in [1.54, 1.807) is 0 Å². The standard InChI is InChI=1S/C28H31F4N7O3/c1-27(2)16-39(5-4-37(27)3)23-12-21(29)18(17-13-34-26(35-14-17)38-6-8-42-9-7-38)10-22(23)36-25(41)19-15-33-24(40)11-20(19)28(30,31)32/h10-15H,4-9,16H2,1-3H3,(H,33,40)(H,36,41). The van der Waals surface area contributed by atoms with E-state index in [9.17, 15) is 22.8 Å². The quantitative estimate of drug-likeness (QED) is 0.435. The molecule has 2 fully saturated rings. The fourth-order valence-electron chi connectivity index (χ4n) is 5.06. The van der Waals surface area contributed by atoms with Crippen molar-refractivity contribution in [2.24, 2.45) is 0 Å². The molecule has 42 heavy (non-hydrogen) atoms. The Kier molecular flexibility index (Phi) is 7.94. The molecule has 2 N–H and O–H groups in total. The van der Waals surface area contributed by atoms with Gasteiger partial charge < -0.3 is 24.8 Å². The van der Waals surface area contributed by atoms with Gasteiger partial charge in [0.1, 0.15) is 5.82 Å². The number of alkyl halides is 3. The fraction of sp³-hybridized carbons (Fsp3) is 0.429. The van der Waals surface area contributed by atoms with Gasteiger partial charge in [0, 0.05) is 74.0 Å². The van der Waals surface area contributed by atoms with Crippen LogP contribution in [0.15, 0.2) is 41.6 Å². The number of nitrogens with one attached hydrogen (secondary N) is 2. The topological polar surface area (TPSA) is 107 Å². The Balaban J connectivity index is 1.54. The van der Waals surface area contributed by atoms with Crippen LogP contribution in [-0.4, -0.2) is 84.3 Å². The lowest BCUT2D eigenvalue weighted by Crippen LogP contribution is -2.57. The molecule has 0 unspecified atom stereocenters. The molecule has 4 heterocycles. The summed E-state index contributed by atoms with van der Waals surface area (Å²) in [5.41, 5.74) is -2.64. The summed E-state index contributed by atoms with van der Waals surface area (Å²) >= 11 is 0. The average Bonchev–Trinajstić information content (AvgIpc) is 2.95. The number of morpholine rings is 1. The first-order chi connectivity index (χ1) is 19.8. The van der Waals surface area contributed by atoms with E-state index in [0.717, 1.165) is 6.20 Å². The molecule has 2 aliphatic rings. The summed E-state index contributed by atoms with van der Waals surface area (Å²) in [5.74, 6) is -1.25. The summed E-state index contributed by atoms with van der Waals surface area (Å²) in [6.45, 7) is 7.95. The number of aromatic amines is 1. The number of piperazine rings is 1. The maximum atomic E-state index is 15.7. The molecule has 0 radical (unpaired) electrons. The lowest BCUT2D eigenvalue weighted by atomic mass is 9.98. The zero-order valence-electron chi connectivity index (χ0n) is 23.4. The lowest BCUT2D eigenvalue weighted by molar-refractivity contribution is -0.138. The predicted octanol–water partition coefficient (Wildman–Crippen LogP) is 3.61. The molecule has 0 spiro atoms. The first-order valence-electron chi connectivity index (χ1n) is 13.4. The van der Waals surface area contributed by atoms with E-state index in [1.807, 2.05) is 30.7 Å². The van der Waals surface area contributed by atoms with E-state index >= 15 is 4.39 Å². The molecule has 2 aromatic heterocycles. The first kappa shape index (κ1) is 29.5. The van der Waals surface area contributed by atoms with Gasteiger partial charge in [0.15, 0.2) is 0 Å². The third-order valence-electron chi connectivity index (χ3n) is 7.71. The summed E-state index contributed by atoms with van der Waals surface area (Å²) in [6.07, 6.45) is -1.30. The number of likely N-dealkylation sites (N-methyl/N-ethyl adjacent to an activating group) is 1. The summed E-state index contributed by atoms with van der Waals surface area (Å²) in [4.78, 5) is 41.7. The van der Waals surface area contributed by atoms with Crippen molar-refractivity contribution < 1.29 is 27.1 Å². The number of hydrogen-bond acceptors (Lipinski definition) is 8. The second-order valence-electron chi connectivity index (χ2n) is 11.0. The van der Waals surface area contributed by atoms with Crippen LogP contribution in [-0.2, 0) is 10.9 Å². The molecule has 2 aliphatic heterocycles. The Labute approximate surface area is 239 Å². The number of pyridine rings is 1. The van der Waals surface area contributed by atoms with E-state index in [4.69, 9.17) is 4.74 Å². The normalized spacial score (nSPS) is 17.8. The predicted molar refractivity (Wildman–Crippen MR) is 149 cm³/mol. The molecule has 2 saturated heterocycles. The van der Waals surface area contributed by atoms with Gasteiger partial charge in [0.2, 0.25) is 11.5 Å². The van der Waals surface area contributed by atoms with Gasteiger partial charge in [-0.2, -0.15) is 13.2 Å². The van der Waals surface area contributed by atoms with Crippen molar-refractivity contribution in [2.45, 2.75) is 25.6 Å². The summed E-state index contributed by atoms with van der Waals surface area (Å²) in [7, 11) is 1.97. The first-order valence-corrected chi connectivity index (χ1v) is 13.4. The number of H-pyrrole nitrogens is 1. The molecule has 3 aromatic rings. The van der Waals surface area contributed by atoms with Crippen LogP contribution in [0.3, 0.4) is 0 Å². The van der Waals surface area contributed by atoms with Crippen LogP contribution >= 0.6 is 0 Å². The van der Waals surface area contributed by atoms with E-state index in [0.29, 0.717) is 69.2 Å². The third-order valence-corrected chi connectivity index (χ3v) is 7.71. The van der Waals surface area contributed by atoms with Gasteiger partial charge in [0.05, 0.1) is 35.7 Å². The highest BCUT2D eigenvalue weighted by Crippen LogP contribution is 2.37. The number of anilines is 3. The Morgan fingerprint density at radius 3 is 2.38 bits per heavy atom. The molecule has 0 aliphatic carbocycles. The van der Waals surface area contributed by atoms with Crippen molar-refractivity contribution in [3.63, 3.8) is 0 Å². The largest absolute Gasteiger partial charge is 0.417 e. The number of nitrogens with zero attached hydrogens (tertiary/aromatic N) is 5. The number of amides is 1. The maximum Gasteiger partial charge on any atom is 0.417 e. The van der Waals surface area contributed by atoms with Gasteiger partial charge in [-0.25, -0.2) is 14.4 Å². The van der Waals surface area contributed by atoms with E-state index in [1.165, 1.54) is 24.5 Å². The van der Waals surface area contributed by atoms with E-state index < -0.39 is 34.6 Å². The van der Waals surface area contributed by atoms with Crippen LogP contribution < -0.4 is 20.7 Å². The molecule has 0 bridgehead atoms. The molecular formula is C28H31F4N7O3. The van der Waals surface area contributed by atoms with Gasteiger partial charge in [-0.05, 0) is 33.0 Å². The van der Waals surface area contributed by atoms with Crippen molar-refractivity contribution in [1.82, 2.24) is 19.9 Å². The van der Waals surface area contributed by atoms with Crippen molar-refractivity contribution in [1.29, 1.82) is 0 Å². The number of hydrogen-bond donors (Lipinski definition) is 2. The highest BCUT2D eigenvalue weighted by Gasteiger charge is 2.37. The van der Waals surface area contributed by atoms with Crippen LogP contribution in [0.1, 0.15) is 29.8 Å². The van der Waals surface area contributed by atoms with E-state index in [-0.39, 0.29) is 16.8 Å². The van der Waals surface area contributed by atoms with Crippen molar-refractivity contribution >= 4 is 23.2 Å². The van der Waals surface area contributed by atoms with Crippen molar-refractivity contribution in [2.75, 3.05) is 68.1 Å². The third kappa shape index (κ3) is 6.09. The molecule has 1 amide bonds. The zero-order valence-corrected chi connectivity index (χ0v) is 23.4. The van der Waals surface area contributed by atoms with Gasteiger partial charge in [-0.15, -0.1) is 0 Å². The van der Waals surface area contributed by atoms with Gasteiger partial charge in [0.25, 0.3) is 5.91 Å². The Morgan fingerprint density at radius 2 is 1.74 bits per heavy atom. The minimum absolute atomic E-state index is 0.0634. The average molecular weight is 590 g/mol. The van der Waals surface area contributed by atoms with Gasteiger partial charge in [-0.1, -0.05) is 0 Å². The molecule has 14 heteroatoms. The number of benzene rings is 1. The number of rotatable bonds is 5. The van der Waals surface area contributed by atoms with Crippen LogP contribution in [0.4, 0.5) is 34.9 Å². The summed E-state index contributed by atoms with van der Waals surface area (Å²) in [5, 5.41) is 2.55. The second kappa shape index (κ2) is 11.3. The number of ether oxygens (including phenoxy) is 1. The van der Waals surface area contributed by atoms with Crippen molar-refractivity contribution in [3.05, 3.63) is 64.1 Å². The number of halogens is 4. The molecule has 10 nitrogen and oxygen atoms in total. The smallest absolute Gasteiger partial charge is 0.378 e. The zero-order chi connectivity index (χ0) is 30.2. The Hall–Kier alpha value is -4.04. The molecule has 5 rings (SSSR count). The fourth-order valence-corrected chi connectivity index (χ4v) is 5.06. The minimum Gasteiger partial charge on any atom is -0.378 e. The molecule has 0 saturated carbocycles. The van der Waals surface area contributed by atoms with Crippen LogP contribution in [0.2, 0.25) is 0 Å². The maximum absolute atomic E-state index is 15.7. The van der Waals surface area contributed by atoms with Crippen molar-refractivity contribution in [3.8, 4) is 11.1 Å². The summed E-state index contributed by atoms with van der Waals surface area (Å²) in [6, 6.07) is 2.97. The number of aromatic nitrogens is 3.